The van der Waals surface area contributed by atoms with Crippen LogP contribution in [-0.4, -0.2) is 34.2 Å². The Morgan fingerprint density at radius 2 is 1.96 bits per heavy atom. The molecular weight excluding hydrogens is 306 g/mol. The number of urea groups is 1. The fourth-order valence-electron chi connectivity index (χ4n) is 2.61. The first-order chi connectivity index (χ1) is 11.0. The summed E-state index contributed by atoms with van der Waals surface area (Å²) < 4.78 is 32.3. The van der Waals surface area contributed by atoms with Crippen molar-refractivity contribution < 1.29 is 18.1 Å². The molecule has 1 aromatic carbocycles. The van der Waals surface area contributed by atoms with Gasteiger partial charge >= 0.3 is 6.03 Å². The zero-order valence-electron chi connectivity index (χ0n) is 12.6. The third-order valence-corrected chi connectivity index (χ3v) is 3.87. The number of hydrogen-bond acceptors (Lipinski definition) is 4. The third kappa shape index (κ3) is 3.30. The van der Waals surface area contributed by atoms with Crippen LogP contribution in [-0.2, 0) is 0 Å². The molecule has 1 saturated heterocycles. The summed E-state index contributed by atoms with van der Waals surface area (Å²) in [6.45, 7) is 2.65. The topological polar surface area (TPSA) is 71.3 Å². The van der Waals surface area contributed by atoms with Gasteiger partial charge in [-0.2, -0.15) is 4.98 Å². The van der Waals surface area contributed by atoms with Crippen LogP contribution in [0.1, 0.15) is 30.5 Å². The van der Waals surface area contributed by atoms with E-state index in [1.807, 2.05) is 0 Å². The Kier molecular flexibility index (Phi) is 4.22. The lowest BCUT2D eigenvalue weighted by Gasteiger charge is -2.30. The highest BCUT2D eigenvalue weighted by molar-refractivity contribution is 5.89. The minimum atomic E-state index is -0.797. The van der Waals surface area contributed by atoms with E-state index in [9.17, 15) is 13.6 Å². The molecular formula is C15H16F2N4O2. The van der Waals surface area contributed by atoms with Crippen LogP contribution < -0.4 is 5.32 Å². The van der Waals surface area contributed by atoms with Gasteiger partial charge in [0.05, 0.1) is 0 Å². The van der Waals surface area contributed by atoms with Crippen molar-refractivity contribution in [2.24, 2.45) is 0 Å². The Morgan fingerprint density at radius 1 is 1.30 bits per heavy atom. The number of nitrogens with zero attached hydrogens (tertiary/aromatic N) is 3. The summed E-state index contributed by atoms with van der Waals surface area (Å²) in [4.78, 5) is 17.9. The molecule has 0 saturated carbocycles. The van der Waals surface area contributed by atoms with Gasteiger partial charge in [0.1, 0.15) is 17.3 Å². The van der Waals surface area contributed by atoms with Crippen LogP contribution in [0.25, 0.3) is 0 Å². The number of hydrogen-bond donors (Lipinski definition) is 1. The summed E-state index contributed by atoms with van der Waals surface area (Å²) in [5.74, 6) is -0.340. The second-order valence-electron chi connectivity index (χ2n) is 5.47. The molecule has 0 unspecified atom stereocenters. The first-order valence-corrected chi connectivity index (χ1v) is 7.34. The summed E-state index contributed by atoms with van der Waals surface area (Å²) in [5.41, 5.74) is -0.424. The average molecular weight is 322 g/mol. The normalized spacial score (nSPS) is 15.7. The van der Waals surface area contributed by atoms with Crippen molar-refractivity contribution >= 4 is 11.7 Å². The third-order valence-electron chi connectivity index (χ3n) is 3.87. The molecule has 2 amide bonds. The van der Waals surface area contributed by atoms with Gasteiger partial charge in [-0.15, -0.1) is 0 Å². The Morgan fingerprint density at radius 3 is 2.52 bits per heavy atom. The number of aryl methyl sites for hydroxylation is 1. The second-order valence-corrected chi connectivity index (χ2v) is 5.47. The lowest BCUT2D eigenvalue weighted by Crippen LogP contribution is -2.40. The average Bonchev–Trinajstić information content (AvgIpc) is 2.97. The number of benzene rings is 1. The number of anilines is 1. The van der Waals surface area contributed by atoms with Gasteiger partial charge in [0.15, 0.2) is 5.82 Å². The van der Waals surface area contributed by atoms with Crippen molar-refractivity contribution in [2.45, 2.75) is 25.7 Å². The molecule has 8 heteroatoms. The zero-order chi connectivity index (χ0) is 16.4. The fourth-order valence-corrected chi connectivity index (χ4v) is 2.61. The van der Waals surface area contributed by atoms with E-state index >= 15 is 0 Å². The molecule has 0 spiro atoms. The lowest BCUT2D eigenvalue weighted by atomic mass is 9.97. The molecule has 1 fully saturated rings. The molecule has 0 aliphatic carbocycles. The largest absolute Gasteiger partial charge is 0.339 e. The summed E-state index contributed by atoms with van der Waals surface area (Å²) in [6, 6.07) is 2.93. The number of carbonyl (C=O) groups excluding carboxylic acids is 1. The smallest absolute Gasteiger partial charge is 0.322 e. The highest BCUT2D eigenvalue weighted by Gasteiger charge is 2.27. The number of amides is 2. The van der Waals surface area contributed by atoms with E-state index in [1.165, 1.54) is 11.0 Å². The maximum absolute atomic E-state index is 13.6. The SMILES string of the molecule is Cc1noc(C2CCN(C(=O)Nc3c(F)cccc3F)CC2)n1. The van der Waals surface area contributed by atoms with Crippen molar-refractivity contribution in [2.75, 3.05) is 18.4 Å². The van der Waals surface area contributed by atoms with Crippen LogP contribution in [0.2, 0.25) is 0 Å². The van der Waals surface area contributed by atoms with E-state index in [4.69, 9.17) is 4.52 Å². The Balaban J connectivity index is 1.60. The molecule has 2 aromatic rings. The number of piperidine rings is 1. The zero-order valence-corrected chi connectivity index (χ0v) is 12.6. The highest BCUT2D eigenvalue weighted by atomic mass is 19.1. The number of likely N-dealkylation sites (tertiary alicyclic amines) is 1. The monoisotopic (exact) mass is 322 g/mol. The van der Waals surface area contributed by atoms with Gasteiger partial charge in [-0.1, -0.05) is 11.2 Å². The van der Waals surface area contributed by atoms with Crippen molar-refractivity contribution in [3.63, 3.8) is 0 Å². The van der Waals surface area contributed by atoms with E-state index in [0.29, 0.717) is 37.6 Å². The Hall–Kier alpha value is -2.51. The molecule has 1 N–H and O–H groups in total. The number of halogens is 2. The standard InChI is InChI=1S/C15H16F2N4O2/c1-9-18-14(23-20-9)10-5-7-21(8-6-10)15(22)19-13-11(16)3-2-4-12(13)17/h2-4,10H,5-8H2,1H3,(H,19,22). The molecule has 0 bridgehead atoms. The van der Waals surface area contributed by atoms with Crippen LogP contribution in [0.3, 0.4) is 0 Å². The molecule has 6 nitrogen and oxygen atoms in total. The van der Waals surface area contributed by atoms with Crippen LogP contribution in [0.5, 0.6) is 0 Å². The van der Waals surface area contributed by atoms with E-state index in [0.717, 1.165) is 12.1 Å². The summed E-state index contributed by atoms with van der Waals surface area (Å²) in [6.07, 6.45) is 1.32. The van der Waals surface area contributed by atoms with Crippen molar-refractivity contribution in [1.82, 2.24) is 15.0 Å². The fraction of sp³-hybridized carbons (Fsp3) is 0.400. The van der Waals surface area contributed by atoms with Crippen molar-refractivity contribution in [1.29, 1.82) is 0 Å². The van der Waals surface area contributed by atoms with Gasteiger partial charge < -0.3 is 14.7 Å². The van der Waals surface area contributed by atoms with E-state index in [1.54, 1.807) is 6.92 Å². The number of rotatable bonds is 2. The van der Waals surface area contributed by atoms with Crippen LogP contribution in [0.4, 0.5) is 19.3 Å². The van der Waals surface area contributed by atoms with E-state index in [2.05, 4.69) is 15.5 Å². The molecule has 1 aliphatic rings. The van der Waals surface area contributed by atoms with Gasteiger partial charge in [0, 0.05) is 19.0 Å². The first-order valence-electron chi connectivity index (χ1n) is 7.34. The second kappa shape index (κ2) is 6.31. The molecule has 0 radical (unpaired) electrons. The highest BCUT2D eigenvalue weighted by Crippen LogP contribution is 2.27. The minimum absolute atomic E-state index is 0.102. The maximum Gasteiger partial charge on any atom is 0.322 e. The van der Waals surface area contributed by atoms with Crippen LogP contribution in [0.15, 0.2) is 22.7 Å². The molecule has 1 aliphatic heterocycles. The van der Waals surface area contributed by atoms with Gasteiger partial charge in [-0.3, -0.25) is 0 Å². The molecule has 23 heavy (non-hydrogen) atoms. The van der Waals surface area contributed by atoms with E-state index in [-0.39, 0.29) is 5.92 Å². The van der Waals surface area contributed by atoms with Gasteiger partial charge in [0.2, 0.25) is 5.89 Å². The Labute approximate surface area is 131 Å². The van der Waals surface area contributed by atoms with Crippen LogP contribution >= 0.6 is 0 Å². The van der Waals surface area contributed by atoms with Crippen molar-refractivity contribution in [3.05, 3.63) is 41.5 Å². The van der Waals surface area contributed by atoms with Gasteiger partial charge in [-0.25, -0.2) is 13.6 Å². The van der Waals surface area contributed by atoms with Crippen LogP contribution in [0, 0.1) is 18.6 Å². The lowest BCUT2D eigenvalue weighted by molar-refractivity contribution is 0.187. The van der Waals surface area contributed by atoms with E-state index < -0.39 is 23.4 Å². The number of nitrogens with one attached hydrogen (secondary N) is 1. The molecule has 0 atom stereocenters. The Bertz CT molecular complexity index is 691. The first kappa shape index (κ1) is 15.4. The minimum Gasteiger partial charge on any atom is -0.339 e. The molecule has 2 heterocycles. The van der Waals surface area contributed by atoms with Gasteiger partial charge in [0.25, 0.3) is 0 Å². The predicted octanol–water partition coefficient (Wildman–Crippen LogP) is 3.07. The van der Waals surface area contributed by atoms with Crippen molar-refractivity contribution in [3.8, 4) is 0 Å². The molecule has 1 aromatic heterocycles. The molecule has 3 rings (SSSR count). The summed E-state index contributed by atoms with van der Waals surface area (Å²) in [7, 11) is 0. The summed E-state index contributed by atoms with van der Waals surface area (Å²) >= 11 is 0. The summed E-state index contributed by atoms with van der Waals surface area (Å²) in [5, 5.41) is 6.05. The quantitative estimate of drug-likeness (QED) is 0.922. The number of para-hydroxylation sites is 1. The number of carbonyl (C=O) groups is 1. The predicted molar refractivity (Wildman–Crippen MR) is 78.0 cm³/mol. The van der Waals surface area contributed by atoms with Gasteiger partial charge in [-0.05, 0) is 31.9 Å². The number of aromatic nitrogens is 2. The maximum atomic E-state index is 13.6. The molecule has 122 valence electrons.